The Bertz CT molecular complexity index is 181. The van der Waals surface area contributed by atoms with Gasteiger partial charge in [-0.2, -0.15) is 0 Å². The van der Waals surface area contributed by atoms with Crippen molar-refractivity contribution in [3.8, 4) is 11.8 Å². The Balaban J connectivity index is 2.10. The molecule has 0 atom stereocenters. The molecule has 0 heterocycles. The number of hydrogen-bond donors (Lipinski definition) is 0. The summed E-state index contributed by atoms with van der Waals surface area (Å²) >= 11 is 0. The molecule has 10 heavy (non-hydrogen) atoms. The quantitative estimate of drug-likeness (QED) is 0.415. The van der Waals surface area contributed by atoms with E-state index in [4.69, 9.17) is 4.74 Å². The molecule has 1 aliphatic carbocycles. The van der Waals surface area contributed by atoms with Crippen LogP contribution in [0.3, 0.4) is 0 Å². The summed E-state index contributed by atoms with van der Waals surface area (Å²) in [5.74, 6) is 5.03. The van der Waals surface area contributed by atoms with Crippen molar-refractivity contribution >= 4 is 5.97 Å². The lowest BCUT2D eigenvalue weighted by Gasteiger charge is -1.95. The van der Waals surface area contributed by atoms with Crippen LogP contribution in [0.1, 0.15) is 12.8 Å². The van der Waals surface area contributed by atoms with Crippen LogP contribution in [0, 0.1) is 24.7 Å². The maximum absolute atomic E-state index is 10.8. The van der Waals surface area contributed by atoms with Gasteiger partial charge in [0.25, 0.3) is 0 Å². The molecule has 0 aromatic carbocycles. The summed E-state index contributed by atoms with van der Waals surface area (Å²) in [4.78, 5) is 10.8. The van der Waals surface area contributed by atoms with E-state index in [0.29, 0.717) is 0 Å². The monoisotopic (exact) mass is 137 g/mol. The first kappa shape index (κ1) is 7.14. The first-order chi connectivity index (χ1) is 4.84. The number of ether oxygens (including phenoxy) is 1. The van der Waals surface area contributed by atoms with E-state index in [9.17, 15) is 4.79 Å². The summed E-state index contributed by atoms with van der Waals surface area (Å²) in [5.41, 5.74) is 0. The highest BCUT2D eigenvalue weighted by molar-refractivity contribution is 5.75. The Labute approximate surface area is 60.6 Å². The van der Waals surface area contributed by atoms with Gasteiger partial charge in [-0.25, -0.2) is 0 Å². The molecule has 2 nitrogen and oxygen atoms in total. The van der Waals surface area contributed by atoms with Crippen LogP contribution in [-0.4, -0.2) is 12.6 Å². The van der Waals surface area contributed by atoms with Gasteiger partial charge < -0.3 is 4.74 Å². The molecule has 0 unspecified atom stereocenters. The number of esters is 1. The minimum absolute atomic E-state index is 0.109. The second-order valence-corrected chi connectivity index (χ2v) is 2.24. The zero-order valence-electron chi connectivity index (χ0n) is 5.72. The van der Waals surface area contributed by atoms with Crippen LogP contribution < -0.4 is 0 Å². The molecule has 0 aromatic rings. The van der Waals surface area contributed by atoms with Crippen molar-refractivity contribution in [3.63, 3.8) is 0 Å². The third-order valence-corrected chi connectivity index (χ3v) is 1.32. The molecule has 1 rings (SSSR count). The van der Waals surface area contributed by atoms with Crippen LogP contribution >= 0.6 is 0 Å². The summed E-state index contributed by atoms with van der Waals surface area (Å²) in [6.07, 6.45) is 1.97. The van der Waals surface area contributed by atoms with Crippen LogP contribution in [-0.2, 0) is 9.53 Å². The molecule has 1 aliphatic rings. The molecule has 0 bridgehead atoms. The van der Waals surface area contributed by atoms with Gasteiger partial charge in [-0.1, -0.05) is 11.8 Å². The highest BCUT2D eigenvalue weighted by atomic mass is 16.5. The molecule has 53 valence electrons. The lowest BCUT2D eigenvalue weighted by Crippen LogP contribution is -2.06. The van der Waals surface area contributed by atoms with Crippen LogP contribution in [0.5, 0.6) is 0 Å². The highest BCUT2D eigenvalue weighted by Gasteiger charge is 2.30. The zero-order chi connectivity index (χ0) is 7.40. The standard InChI is InChI=1S/C8H9O2/c1-2-3-6-10-8(9)7-4-5-7/h7H,1,4-6H2. The van der Waals surface area contributed by atoms with E-state index < -0.39 is 0 Å². The average Bonchev–Trinajstić information content (AvgIpc) is 2.69. The normalized spacial score (nSPS) is 15.3. The van der Waals surface area contributed by atoms with Gasteiger partial charge in [0.2, 0.25) is 0 Å². The Morgan fingerprint density at radius 1 is 1.70 bits per heavy atom. The predicted octanol–water partition coefficient (Wildman–Crippen LogP) is 0.777. The van der Waals surface area contributed by atoms with Crippen molar-refractivity contribution in [2.75, 3.05) is 6.61 Å². The second-order valence-electron chi connectivity index (χ2n) is 2.24. The molecule has 0 saturated heterocycles. The van der Waals surface area contributed by atoms with Crippen molar-refractivity contribution in [3.05, 3.63) is 6.92 Å². The van der Waals surface area contributed by atoms with Gasteiger partial charge >= 0.3 is 5.97 Å². The molecule has 0 N–H and O–H groups in total. The first-order valence-corrected chi connectivity index (χ1v) is 3.26. The zero-order valence-corrected chi connectivity index (χ0v) is 5.72. The van der Waals surface area contributed by atoms with Crippen LogP contribution in [0.2, 0.25) is 0 Å². The Kier molecular flexibility index (Phi) is 2.33. The van der Waals surface area contributed by atoms with Gasteiger partial charge in [0.15, 0.2) is 6.61 Å². The fraction of sp³-hybridized carbons (Fsp3) is 0.500. The fourth-order valence-corrected chi connectivity index (χ4v) is 0.595. The average molecular weight is 137 g/mol. The van der Waals surface area contributed by atoms with Gasteiger partial charge in [0.05, 0.1) is 5.92 Å². The van der Waals surface area contributed by atoms with Gasteiger partial charge in [0, 0.05) is 6.92 Å². The summed E-state index contributed by atoms with van der Waals surface area (Å²) in [6.45, 7) is 3.48. The van der Waals surface area contributed by atoms with E-state index in [1.165, 1.54) is 0 Å². The SMILES string of the molecule is [CH2]C#CCOC(=O)C1CC1. The number of carbonyl (C=O) groups excluding carboxylic acids is 1. The van der Waals surface area contributed by atoms with Crippen LogP contribution in [0.15, 0.2) is 0 Å². The molecule has 0 amide bonds. The molecule has 2 heteroatoms. The number of carbonyl (C=O) groups is 1. The number of rotatable bonds is 2. The largest absolute Gasteiger partial charge is 0.452 e. The summed E-state index contributed by atoms with van der Waals surface area (Å²) < 4.78 is 4.75. The Hall–Kier alpha value is -0.970. The van der Waals surface area contributed by atoms with E-state index in [1.54, 1.807) is 0 Å². The molecule has 0 aromatic heterocycles. The molecule has 0 spiro atoms. The third-order valence-electron chi connectivity index (χ3n) is 1.32. The van der Waals surface area contributed by atoms with Crippen molar-refractivity contribution in [2.45, 2.75) is 12.8 Å². The maximum Gasteiger partial charge on any atom is 0.309 e. The molecular formula is C8H9O2. The van der Waals surface area contributed by atoms with E-state index in [1.807, 2.05) is 0 Å². The van der Waals surface area contributed by atoms with Gasteiger partial charge in [-0.05, 0) is 12.8 Å². The topological polar surface area (TPSA) is 26.3 Å². The van der Waals surface area contributed by atoms with Crippen LogP contribution in [0.25, 0.3) is 0 Å². The van der Waals surface area contributed by atoms with E-state index in [-0.39, 0.29) is 18.5 Å². The maximum atomic E-state index is 10.8. The van der Waals surface area contributed by atoms with Gasteiger partial charge in [-0.15, -0.1) is 0 Å². The molecule has 1 fully saturated rings. The second kappa shape index (κ2) is 3.26. The minimum atomic E-state index is -0.109. The summed E-state index contributed by atoms with van der Waals surface area (Å²) in [5, 5.41) is 0. The predicted molar refractivity (Wildman–Crippen MR) is 36.8 cm³/mol. The van der Waals surface area contributed by atoms with Crippen molar-refractivity contribution in [2.24, 2.45) is 5.92 Å². The molecular weight excluding hydrogens is 128 g/mol. The third kappa shape index (κ3) is 2.10. The smallest absolute Gasteiger partial charge is 0.309 e. The lowest BCUT2D eigenvalue weighted by molar-refractivity contribution is -0.143. The highest BCUT2D eigenvalue weighted by Crippen LogP contribution is 2.29. The van der Waals surface area contributed by atoms with Crippen molar-refractivity contribution in [1.82, 2.24) is 0 Å². The van der Waals surface area contributed by atoms with Gasteiger partial charge in [0.1, 0.15) is 0 Å². The Morgan fingerprint density at radius 2 is 2.40 bits per heavy atom. The first-order valence-electron chi connectivity index (χ1n) is 3.26. The van der Waals surface area contributed by atoms with Crippen molar-refractivity contribution in [1.29, 1.82) is 0 Å². The van der Waals surface area contributed by atoms with Crippen LogP contribution in [0.4, 0.5) is 0 Å². The number of hydrogen-bond acceptors (Lipinski definition) is 2. The molecule has 1 saturated carbocycles. The molecule has 0 aliphatic heterocycles. The lowest BCUT2D eigenvalue weighted by atomic mass is 10.4. The van der Waals surface area contributed by atoms with E-state index in [2.05, 4.69) is 18.8 Å². The van der Waals surface area contributed by atoms with Crippen molar-refractivity contribution < 1.29 is 9.53 Å². The van der Waals surface area contributed by atoms with E-state index >= 15 is 0 Å². The van der Waals surface area contributed by atoms with E-state index in [0.717, 1.165) is 12.8 Å². The minimum Gasteiger partial charge on any atom is -0.452 e. The van der Waals surface area contributed by atoms with Gasteiger partial charge in [-0.3, -0.25) is 4.79 Å². The fourth-order valence-electron chi connectivity index (χ4n) is 0.595. The summed E-state index contributed by atoms with van der Waals surface area (Å²) in [7, 11) is 0. The summed E-state index contributed by atoms with van der Waals surface area (Å²) in [6, 6.07) is 0. The molecule has 1 radical (unpaired) electrons. The Morgan fingerprint density at radius 3 is 2.90 bits per heavy atom.